The molecule has 1 unspecified atom stereocenters. The first-order valence-corrected chi connectivity index (χ1v) is 12.6. The summed E-state index contributed by atoms with van der Waals surface area (Å²) in [6.45, 7) is 1.30. The maximum atomic E-state index is 13.0. The molecule has 0 radical (unpaired) electrons. The molecule has 1 aliphatic carbocycles. The van der Waals surface area contributed by atoms with E-state index in [4.69, 9.17) is 0 Å². The van der Waals surface area contributed by atoms with Crippen molar-refractivity contribution < 1.29 is 8.42 Å². The average molecular weight is 428 g/mol. The molecular formula is C24H33N3O2S. The van der Waals surface area contributed by atoms with E-state index in [0.717, 1.165) is 56.3 Å². The lowest BCUT2D eigenvalue weighted by Crippen LogP contribution is -2.41. The molecule has 4 rings (SSSR count). The van der Waals surface area contributed by atoms with Crippen LogP contribution in [0.2, 0.25) is 0 Å². The van der Waals surface area contributed by atoms with Crippen molar-refractivity contribution in [2.24, 2.45) is 0 Å². The smallest absolute Gasteiger partial charge is 0.214 e. The highest BCUT2D eigenvalue weighted by Crippen LogP contribution is 2.35. The molecule has 1 fully saturated rings. The zero-order valence-corrected chi connectivity index (χ0v) is 18.9. The molecule has 0 amide bonds. The van der Waals surface area contributed by atoms with E-state index in [1.807, 2.05) is 14.1 Å². The van der Waals surface area contributed by atoms with Crippen LogP contribution in [0.15, 0.2) is 48.5 Å². The molecule has 0 bridgehead atoms. The monoisotopic (exact) mass is 427 g/mol. The highest BCUT2D eigenvalue weighted by molar-refractivity contribution is 7.90. The molecule has 1 atom stereocenters. The summed E-state index contributed by atoms with van der Waals surface area (Å²) in [6, 6.07) is 16.9. The third-order valence-corrected chi connectivity index (χ3v) is 8.48. The second-order valence-electron chi connectivity index (χ2n) is 8.73. The molecule has 2 aliphatic rings. The van der Waals surface area contributed by atoms with Gasteiger partial charge in [-0.2, -0.15) is 0 Å². The largest absolute Gasteiger partial charge is 0.378 e. The molecule has 5 nitrogen and oxygen atoms in total. The summed E-state index contributed by atoms with van der Waals surface area (Å²) in [6.07, 6.45) is 5.74. The fourth-order valence-electron chi connectivity index (χ4n) is 4.78. The van der Waals surface area contributed by atoms with Gasteiger partial charge in [0, 0.05) is 38.6 Å². The van der Waals surface area contributed by atoms with Gasteiger partial charge in [0.1, 0.15) is 0 Å². The molecule has 30 heavy (non-hydrogen) atoms. The number of rotatable bonds is 7. The van der Waals surface area contributed by atoms with Crippen LogP contribution in [0.3, 0.4) is 0 Å². The number of hydrogen-bond acceptors (Lipinski definition) is 4. The van der Waals surface area contributed by atoms with Crippen LogP contribution < -0.4 is 14.5 Å². The Morgan fingerprint density at radius 2 is 1.73 bits per heavy atom. The summed E-state index contributed by atoms with van der Waals surface area (Å²) < 4.78 is 29.0. The van der Waals surface area contributed by atoms with E-state index in [-0.39, 0.29) is 11.3 Å². The van der Waals surface area contributed by atoms with E-state index >= 15 is 0 Å². The molecule has 6 heteroatoms. The van der Waals surface area contributed by atoms with E-state index in [9.17, 15) is 8.42 Å². The molecule has 2 aromatic rings. The van der Waals surface area contributed by atoms with E-state index in [2.05, 4.69) is 63.1 Å². The number of para-hydroxylation sites is 1. The third kappa shape index (κ3) is 4.49. The van der Waals surface area contributed by atoms with Crippen molar-refractivity contribution >= 4 is 21.4 Å². The number of anilines is 2. The van der Waals surface area contributed by atoms with Crippen LogP contribution >= 0.6 is 0 Å². The molecule has 1 heterocycles. The first kappa shape index (κ1) is 21.2. The average Bonchev–Trinajstić information content (AvgIpc) is 3.19. The molecule has 0 saturated heterocycles. The molecule has 1 aliphatic heterocycles. The SMILES string of the molecule is CN(C)c1ccc(C(CNS(=O)(=O)C2CCCCC2)N2CCc3ccccc32)cc1. The Bertz CT molecular complexity index is 951. The summed E-state index contributed by atoms with van der Waals surface area (Å²) in [5.74, 6) is 0. The molecule has 0 aromatic heterocycles. The number of nitrogens with zero attached hydrogens (tertiary/aromatic N) is 2. The van der Waals surface area contributed by atoms with E-state index in [0.29, 0.717) is 6.54 Å². The first-order valence-electron chi connectivity index (χ1n) is 11.1. The van der Waals surface area contributed by atoms with Crippen molar-refractivity contribution in [2.75, 3.05) is 37.0 Å². The van der Waals surface area contributed by atoms with Gasteiger partial charge in [-0.25, -0.2) is 13.1 Å². The Labute approximate surface area is 181 Å². The first-order chi connectivity index (χ1) is 14.5. The van der Waals surface area contributed by atoms with Gasteiger partial charge in [0.05, 0.1) is 11.3 Å². The third-order valence-electron chi connectivity index (χ3n) is 6.56. The topological polar surface area (TPSA) is 52.7 Å². The zero-order chi connectivity index (χ0) is 21.1. The fourth-order valence-corrected chi connectivity index (χ4v) is 6.36. The Morgan fingerprint density at radius 1 is 1.03 bits per heavy atom. The molecule has 2 aromatic carbocycles. The summed E-state index contributed by atoms with van der Waals surface area (Å²) in [7, 11) is 0.759. The van der Waals surface area contributed by atoms with Crippen LogP contribution in [0.5, 0.6) is 0 Å². The predicted molar refractivity (Wildman–Crippen MR) is 125 cm³/mol. The Kier molecular flexibility index (Phi) is 6.34. The van der Waals surface area contributed by atoms with Gasteiger partial charge < -0.3 is 9.80 Å². The molecule has 1 saturated carbocycles. The lowest BCUT2D eigenvalue weighted by Gasteiger charge is -2.32. The van der Waals surface area contributed by atoms with Gasteiger partial charge in [-0.05, 0) is 48.6 Å². The quantitative estimate of drug-likeness (QED) is 0.723. The van der Waals surface area contributed by atoms with Crippen LogP contribution in [0, 0.1) is 0 Å². The minimum Gasteiger partial charge on any atom is -0.378 e. The summed E-state index contributed by atoms with van der Waals surface area (Å²) in [5, 5.41) is -0.242. The Hall–Kier alpha value is -2.05. The molecule has 162 valence electrons. The van der Waals surface area contributed by atoms with Gasteiger partial charge in [-0.3, -0.25) is 0 Å². The number of sulfonamides is 1. The zero-order valence-electron chi connectivity index (χ0n) is 18.0. The lowest BCUT2D eigenvalue weighted by molar-refractivity contribution is 0.474. The van der Waals surface area contributed by atoms with Gasteiger partial charge in [-0.15, -0.1) is 0 Å². The van der Waals surface area contributed by atoms with Crippen LogP contribution in [-0.2, 0) is 16.4 Å². The minimum absolute atomic E-state index is 0.0248. The van der Waals surface area contributed by atoms with Crippen molar-refractivity contribution in [2.45, 2.75) is 49.8 Å². The fraction of sp³-hybridized carbons (Fsp3) is 0.500. The number of nitrogens with one attached hydrogen (secondary N) is 1. The minimum atomic E-state index is -3.30. The summed E-state index contributed by atoms with van der Waals surface area (Å²) in [5.41, 5.74) is 4.84. The van der Waals surface area contributed by atoms with Crippen molar-refractivity contribution in [3.8, 4) is 0 Å². The predicted octanol–water partition coefficient (Wildman–Crippen LogP) is 4.11. The van der Waals surface area contributed by atoms with Gasteiger partial charge in [0.15, 0.2) is 0 Å². The Morgan fingerprint density at radius 3 is 2.43 bits per heavy atom. The van der Waals surface area contributed by atoms with Gasteiger partial charge in [0.25, 0.3) is 0 Å². The van der Waals surface area contributed by atoms with Crippen LogP contribution in [0.4, 0.5) is 11.4 Å². The van der Waals surface area contributed by atoms with Crippen LogP contribution in [-0.4, -0.2) is 40.9 Å². The standard InChI is InChI=1S/C24H33N3O2S/c1-26(2)21-14-12-20(13-15-21)24(27-17-16-19-8-6-7-11-23(19)27)18-25-30(28,29)22-9-4-3-5-10-22/h6-8,11-15,22,24-25H,3-5,9-10,16-18H2,1-2H3. The Balaban J connectivity index is 1.59. The second-order valence-corrected chi connectivity index (χ2v) is 10.8. The highest BCUT2D eigenvalue weighted by atomic mass is 32.2. The highest BCUT2D eigenvalue weighted by Gasteiger charge is 2.31. The summed E-state index contributed by atoms with van der Waals surface area (Å²) in [4.78, 5) is 4.44. The summed E-state index contributed by atoms with van der Waals surface area (Å²) >= 11 is 0. The van der Waals surface area contributed by atoms with E-state index in [1.165, 1.54) is 11.3 Å². The molecule has 1 N–H and O–H groups in total. The van der Waals surface area contributed by atoms with Gasteiger partial charge in [-0.1, -0.05) is 49.6 Å². The maximum absolute atomic E-state index is 13.0. The number of benzene rings is 2. The van der Waals surface area contributed by atoms with Crippen molar-refractivity contribution in [3.63, 3.8) is 0 Å². The number of hydrogen-bond donors (Lipinski definition) is 1. The van der Waals surface area contributed by atoms with Crippen LogP contribution in [0.1, 0.15) is 49.3 Å². The van der Waals surface area contributed by atoms with Crippen molar-refractivity contribution in [1.29, 1.82) is 0 Å². The van der Waals surface area contributed by atoms with Gasteiger partial charge in [0.2, 0.25) is 10.0 Å². The van der Waals surface area contributed by atoms with Crippen LogP contribution in [0.25, 0.3) is 0 Å². The molecule has 0 spiro atoms. The van der Waals surface area contributed by atoms with E-state index in [1.54, 1.807) is 0 Å². The molecular weight excluding hydrogens is 394 g/mol. The number of fused-ring (bicyclic) bond motifs is 1. The normalized spacial score (nSPS) is 18.3. The van der Waals surface area contributed by atoms with E-state index < -0.39 is 10.0 Å². The van der Waals surface area contributed by atoms with Crippen molar-refractivity contribution in [3.05, 3.63) is 59.7 Å². The lowest BCUT2D eigenvalue weighted by atomic mass is 10.0. The maximum Gasteiger partial charge on any atom is 0.214 e. The van der Waals surface area contributed by atoms with Crippen molar-refractivity contribution in [1.82, 2.24) is 4.72 Å². The second kappa shape index (κ2) is 8.98. The van der Waals surface area contributed by atoms with Gasteiger partial charge >= 0.3 is 0 Å².